The molecule has 2 rings (SSSR count). The van der Waals surface area contributed by atoms with Gasteiger partial charge in [0.1, 0.15) is 12.1 Å². The van der Waals surface area contributed by atoms with Crippen LogP contribution in [0.15, 0.2) is 42.5 Å². The third-order valence-corrected chi connectivity index (χ3v) is 4.56. The Hall–Kier alpha value is -3.40. The fourth-order valence-electron chi connectivity index (χ4n) is 2.41. The number of benzene rings is 2. The fraction of sp³-hybridized carbons (Fsp3) is 0.333. The molecule has 0 radical (unpaired) electrons. The smallest absolute Gasteiger partial charge is 0.325 e. The summed E-state index contributed by atoms with van der Waals surface area (Å²) in [4.78, 5) is 35.9. The fourth-order valence-corrected chi connectivity index (χ4v) is 2.41. The predicted molar refractivity (Wildman–Crippen MR) is 104 cm³/mol. The zero-order chi connectivity index (χ0) is 20.7. The number of amides is 2. The summed E-state index contributed by atoms with van der Waals surface area (Å²) in [6.45, 7) is 4.32. The van der Waals surface area contributed by atoms with Crippen LogP contribution in [0.25, 0.3) is 10.8 Å². The second-order valence-electron chi connectivity index (χ2n) is 6.92. The van der Waals surface area contributed by atoms with Crippen LogP contribution in [0.2, 0.25) is 0 Å². The maximum absolute atomic E-state index is 12.2. The van der Waals surface area contributed by atoms with Gasteiger partial charge < -0.3 is 15.4 Å². The van der Waals surface area contributed by atoms with E-state index < -0.39 is 29.9 Å². The van der Waals surface area contributed by atoms with Crippen molar-refractivity contribution < 1.29 is 19.1 Å². The van der Waals surface area contributed by atoms with Crippen molar-refractivity contribution in [3.8, 4) is 6.07 Å². The molecule has 0 bridgehead atoms. The maximum atomic E-state index is 12.2. The molecule has 7 heteroatoms. The average molecular weight is 381 g/mol. The van der Waals surface area contributed by atoms with E-state index in [1.807, 2.05) is 36.4 Å². The molecule has 0 saturated carbocycles. The van der Waals surface area contributed by atoms with Crippen LogP contribution in [0.1, 0.15) is 31.1 Å². The van der Waals surface area contributed by atoms with E-state index in [0.717, 1.165) is 10.8 Å². The lowest BCUT2D eigenvalue weighted by atomic mass is 9.90. The number of rotatable bonds is 7. The van der Waals surface area contributed by atoms with Crippen LogP contribution in [0.4, 0.5) is 0 Å². The van der Waals surface area contributed by atoms with Crippen LogP contribution < -0.4 is 10.6 Å². The van der Waals surface area contributed by atoms with Crippen LogP contribution in [0, 0.1) is 17.2 Å². The molecule has 0 aliphatic heterocycles. The second kappa shape index (κ2) is 9.00. The lowest BCUT2D eigenvalue weighted by Crippen LogP contribution is -2.50. The van der Waals surface area contributed by atoms with E-state index in [2.05, 4.69) is 10.6 Å². The average Bonchev–Trinajstić information content (AvgIpc) is 2.69. The Kier molecular flexibility index (Phi) is 6.72. The van der Waals surface area contributed by atoms with Gasteiger partial charge in [-0.05, 0) is 35.7 Å². The van der Waals surface area contributed by atoms with E-state index in [1.54, 1.807) is 32.9 Å². The lowest BCUT2D eigenvalue weighted by Gasteiger charge is -2.27. The summed E-state index contributed by atoms with van der Waals surface area (Å²) in [6, 6.07) is 14.9. The Bertz CT molecular complexity index is 933. The number of nitrogens with zero attached hydrogens (tertiary/aromatic N) is 1. The highest BCUT2D eigenvalue weighted by atomic mass is 16.5. The number of nitrogens with one attached hydrogen (secondary N) is 2. The first-order valence-electron chi connectivity index (χ1n) is 8.90. The van der Waals surface area contributed by atoms with Gasteiger partial charge in [-0.3, -0.25) is 14.4 Å². The van der Waals surface area contributed by atoms with Crippen LogP contribution in [-0.2, 0) is 14.3 Å². The molecular weight excluding hydrogens is 358 g/mol. The third kappa shape index (κ3) is 5.30. The molecule has 1 atom stereocenters. The Balaban J connectivity index is 1.82. The molecule has 2 aromatic carbocycles. The summed E-state index contributed by atoms with van der Waals surface area (Å²) in [6.07, 6.45) is 0. The minimum absolute atomic E-state index is 0.113. The number of hydrogen-bond acceptors (Lipinski definition) is 5. The van der Waals surface area contributed by atoms with Gasteiger partial charge in [0.15, 0.2) is 6.61 Å². The first-order valence-corrected chi connectivity index (χ1v) is 8.90. The number of carbonyl (C=O) groups is 3. The second-order valence-corrected chi connectivity index (χ2v) is 6.92. The van der Waals surface area contributed by atoms with Crippen LogP contribution >= 0.6 is 0 Å². The molecule has 0 aromatic heterocycles. The molecule has 0 saturated heterocycles. The summed E-state index contributed by atoms with van der Waals surface area (Å²) in [7, 11) is 0. The Morgan fingerprint density at radius 3 is 2.46 bits per heavy atom. The molecule has 0 aliphatic carbocycles. The van der Waals surface area contributed by atoms with E-state index in [9.17, 15) is 19.6 Å². The van der Waals surface area contributed by atoms with Gasteiger partial charge in [-0.25, -0.2) is 0 Å². The van der Waals surface area contributed by atoms with Crippen molar-refractivity contribution in [1.29, 1.82) is 5.26 Å². The molecule has 0 unspecified atom stereocenters. The minimum atomic E-state index is -1.05. The van der Waals surface area contributed by atoms with E-state index in [4.69, 9.17) is 4.74 Å². The number of carbonyl (C=O) groups excluding carboxylic acids is 3. The summed E-state index contributed by atoms with van der Waals surface area (Å²) in [5.74, 6) is -1.85. The van der Waals surface area contributed by atoms with Crippen LogP contribution in [0.3, 0.4) is 0 Å². The number of hydrogen-bond donors (Lipinski definition) is 2. The largest absolute Gasteiger partial charge is 0.454 e. The van der Waals surface area contributed by atoms with Crippen molar-refractivity contribution in [2.75, 3.05) is 13.2 Å². The third-order valence-electron chi connectivity index (χ3n) is 4.56. The first kappa shape index (κ1) is 20.9. The normalized spacial score (nSPS) is 12.7. The molecule has 0 heterocycles. The van der Waals surface area contributed by atoms with Crippen molar-refractivity contribution in [2.45, 2.75) is 26.3 Å². The molecule has 0 aliphatic rings. The van der Waals surface area contributed by atoms with Crippen LogP contribution in [-0.4, -0.2) is 36.5 Å². The van der Waals surface area contributed by atoms with Gasteiger partial charge in [-0.1, -0.05) is 44.2 Å². The molecule has 2 amide bonds. The van der Waals surface area contributed by atoms with Crippen molar-refractivity contribution in [3.63, 3.8) is 0 Å². The number of nitriles is 1. The highest BCUT2D eigenvalue weighted by Crippen LogP contribution is 2.16. The molecule has 0 fully saturated rings. The van der Waals surface area contributed by atoms with Gasteiger partial charge in [0.2, 0.25) is 0 Å². The molecule has 2 aromatic rings. The van der Waals surface area contributed by atoms with Gasteiger partial charge in [0, 0.05) is 5.56 Å². The molecular formula is C21H23N3O4. The zero-order valence-corrected chi connectivity index (χ0v) is 16.1. The lowest BCUT2D eigenvalue weighted by molar-refractivity contribution is -0.147. The quantitative estimate of drug-likeness (QED) is 0.715. The Morgan fingerprint density at radius 1 is 1.14 bits per heavy atom. The molecule has 0 spiro atoms. The molecule has 7 nitrogen and oxygen atoms in total. The SMILES string of the molecule is CC(C)[C@](C)(C#N)NC(=O)COC(=O)CNC(=O)c1ccc2ccccc2c1. The molecule has 2 N–H and O–H groups in total. The summed E-state index contributed by atoms with van der Waals surface area (Å²) >= 11 is 0. The number of ether oxygens (including phenoxy) is 1. The van der Waals surface area contributed by atoms with Gasteiger partial charge in [-0.2, -0.15) is 5.26 Å². The molecule has 146 valence electrons. The highest BCUT2D eigenvalue weighted by molar-refractivity contribution is 5.99. The van der Waals surface area contributed by atoms with Gasteiger partial charge >= 0.3 is 5.97 Å². The van der Waals surface area contributed by atoms with Gasteiger partial charge in [0.05, 0.1) is 6.07 Å². The van der Waals surface area contributed by atoms with Crippen molar-refractivity contribution in [1.82, 2.24) is 10.6 Å². The topological polar surface area (TPSA) is 108 Å². The molecule has 28 heavy (non-hydrogen) atoms. The summed E-state index contributed by atoms with van der Waals surface area (Å²) in [5.41, 5.74) is -0.626. The minimum Gasteiger partial charge on any atom is -0.454 e. The van der Waals surface area contributed by atoms with Gasteiger partial charge in [-0.15, -0.1) is 0 Å². The predicted octanol–water partition coefficient (Wildman–Crippen LogP) is 2.17. The van der Waals surface area contributed by atoms with Crippen molar-refractivity contribution >= 4 is 28.6 Å². The maximum Gasteiger partial charge on any atom is 0.325 e. The van der Waals surface area contributed by atoms with E-state index in [-0.39, 0.29) is 12.5 Å². The Labute approximate surface area is 163 Å². The standard InChI is InChI=1S/C21H23N3O4/c1-14(2)21(3,13-22)24-18(25)12-28-19(26)11-23-20(27)17-9-8-15-6-4-5-7-16(15)10-17/h4-10,14H,11-12H2,1-3H3,(H,23,27)(H,24,25)/t21-/m0/s1. The zero-order valence-electron chi connectivity index (χ0n) is 16.1. The van der Waals surface area contributed by atoms with E-state index >= 15 is 0 Å². The first-order chi connectivity index (χ1) is 13.2. The number of fused-ring (bicyclic) bond motifs is 1. The summed E-state index contributed by atoms with van der Waals surface area (Å²) in [5, 5.41) is 16.1. The summed E-state index contributed by atoms with van der Waals surface area (Å²) < 4.78 is 4.86. The monoisotopic (exact) mass is 381 g/mol. The van der Waals surface area contributed by atoms with Crippen molar-refractivity contribution in [2.24, 2.45) is 5.92 Å². The highest BCUT2D eigenvalue weighted by Gasteiger charge is 2.30. The Morgan fingerprint density at radius 2 is 1.82 bits per heavy atom. The van der Waals surface area contributed by atoms with E-state index in [1.165, 1.54) is 0 Å². The van der Waals surface area contributed by atoms with Crippen molar-refractivity contribution in [3.05, 3.63) is 48.0 Å². The van der Waals surface area contributed by atoms with Crippen LogP contribution in [0.5, 0.6) is 0 Å². The number of esters is 1. The van der Waals surface area contributed by atoms with E-state index in [0.29, 0.717) is 5.56 Å². The van der Waals surface area contributed by atoms with Gasteiger partial charge in [0.25, 0.3) is 11.8 Å².